The van der Waals surface area contributed by atoms with Crippen molar-refractivity contribution in [3.05, 3.63) is 17.0 Å². The molecule has 0 aromatic carbocycles. The third-order valence-corrected chi connectivity index (χ3v) is 3.08. The first-order valence-electron chi connectivity index (χ1n) is 3.88. The Labute approximate surface area is 90.5 Å². The zero-order chi connectivity index (χ0) is 10.6. The van der Waals surface area contributed by atoms with Crippen molar-refractivity contribution in [3.63, 3.8) is 0 Å². The van der Waals surface area contributed by atoms with Crippen LogP contribution in [0.4, 0.5) is 5.00 Å². The third kappa shape index (κ3) is 3.97. The van der Waals surface area contributed by atoms with Crippen molar-refractivity contribution in [2.45, 2.75) is 11.3 Å². The second-order valence-corrected chi connectivity index (χ2v) is 4.66. The molecular weight excluding hydrogens is 218 g/mol. The number of hydrogen-bond acceptors (Lipinski definition) is 5. The van der Waals surface area contributed by atoms with Gasteiger partial charge in [-0.3, -0.25) is 0 Å². The summed E-state index contributed by atoms with van der Waals surface area (Å²) in [5.74, 6) is 0.843. The first-order chi connectivity index (χ1) is 6.58. The summed E-state index contributed by atoms with van der Waals surface area (Å²) in [6.07, 6.45) is 0. The van der Waals surface area contributed by atoms with Crippen LogP contribution in [0, 0.1) is 0 Å². The fourth-order valence-electron chi connectivity index (χ4n) is 0.817. The number of guanidine groups is 1. The zero-order valence-corrected chi connectivity index (χ0v) is 9.15. The average molecular weight is 231 g/mol. The van der Waals surface area contributed by atoms with Crippen LogP contribution in [0.5, 0.6) is 0 Å². The Hall–Kier alpha value is -0.760. The maximum Gasteiger partial charge on any atom is 0.191 e. The maximum absolute atomic E-state index is 5.40. The van der Waals surface area contributed by atoms with Gasteiger partial charge in [0.15, 0.2) is 5.96 Å². The van der Waals surface area contributed by atoms with Crippen LogP contribution in [-0.2, 0) is 5.75 Å². The van der Waals surface area contributed by atoms with Gasteiger partial charge >= 0.3 is 0 Å². The van der Waals surface area contributed by atoms with Crippen LogP contribution >= 0.6 is 23.1 Å². The molecule has 1 aromatic heterocycles. The maximum atomic E-state index is 5.40. The quantitative estimate of drug-likeness (QED) is 0.333. The summed E-state index contributed by atoms with van der Waals surface area (Å²) in [7, 11) is 0. The molecule has 0 spiro atoms. The molecule has 5 nitrogen and oxygen atoms in total. The number of thiophene rings is 1. The van der Waals surface area contributed by atoms with Crippen molar-refractivity contribution in [2.24, 2.45) is 27.9 Å². The molecule has 0 saturated heterocycles. The van der Waals surface area contributed by atoms with Gasteiger partial charge in [-0.25, -0.2) is 4.99 Å². The number of aliphatic imine (C=N–C) groups is 1. The van der Waals surface area contributed by atoms with Gasteiger partial charge in [0.1, 0.15) is 10.5 Å². The summed E-state index contributed by atoms with van der Waals surface area (Å²) in [5, 5.41) is 2.78. The molecule has 14 heavy (non-hydrogen) atoms. The van der Waals surface area contributed by atoms with Crippen molar-refractivity contribution in [3.8, 4) is 0 Å². The van der Waals surface area contributed by atoms with Gasteiger partial charge in [-0.05, 0) is 17.0 Å². The molecule has 0 aliphatic heterocycles. The lowest BCUT2D eigenvalue weighted by atomic mass is 10.4. The normalized spacial score (nSPS) is 10.5. The molecule has 1 heterocycles. The SMILES string of the molecule is NC(N)=Nc1cc(CSC(N)N)cs1. The van der Waals surface area contributed by atoms with Crippen molar-refractivity contribution in [1.29, 1.82) is 0 Å². The number of nitrogens with zero attached hydrogens (tertiary/aromatic N) is 1. The molecule has 0 unspecified atom stereocenters. The second kappa shape index (κ2) is 5.20. The molecule has 0 aliphatic carbocycles. The lowest BCUT2D eigenvalue weighted by Gasteiger charge is -2.01. The Bertz CT molecular complexity index is 316. The van der Waals surface area contributed by atoms with E-state index in [0.29, 0.717) is 0 Å². The van der Waals surface area contributed by atoms with Crippen LogP contribution in [-0.4, -0.2) is 11.5 Å². The highest BCUT2D eigenvalue weighted by atomic mass is 32.2. The summed E-state index contributed by atoms with van der Waals surface area (Å²) in [4.78, 5) is 3.93. The molecule has 0 bridgehead atoms. The van der Waals surface area contributed by atoms with E-state index in [1.807, 2.05) is 11.4 Å². The summed E-state index contributed by atoms with van der Waals surface area (Å²) in [5.41, 5.74) is 22.1. The molecule has 78 valence electrons. The number of thioether (sulfide) groups is 1. The van der Waals surface area contributed by atoms with Gasteiger partial charge in [-0.1, -0.05) is 0 Å². The number of rotatable bonds is 4. The molecule has 0 fully saturated rings. The summed E-state index contributed by atoms with van der Waals surface area (Å²) in [6.45, 7) is 0. The summed E-state index contributed by atoms with van der Waals surface area (Å²) >= 11 is 2.95. The van der Waals surface area contributed by atoms with Crippen LogP contribution in [0.1, 0.15) is 5.56 Å². The van der Waals surface area contributed by atoms with E-state index in [2.05, 4.69) is 4.99 Å². The van der Waals surface area contributed by atoms with E-state index >= 15 is 0 Å². The van der Waals surface area contributed by atoms with E-state index in [9.17, 15) is 0 Å². The van der Waals surface area contributed by atoms with E-state index in [-0.39, 0.29) is 11.5 Å². The van der Waals surface area contributed by atoms with Crippen LogP contribution in [0.15, 0.2) is 16.4 Å². The molecule has 8 N–H and O–H groups in total. The molecular formula is C7H13N5S2. The monoisotopic (exact) mass is 231 g/mol. The molecule has 0 aliphatic rings. The predicted molar refractivity (Wildman–Crippen MR) is 63.2 cm³/mol. The van der Waals surface area contributed by atoms with Crippen molar-refractivity contribution < 1.29 is 0 Å². The van der Waals surface area contributed by atoms with Gasteiger partial charge in [-0.15, -0.1) is 23.1 Å². The van der Waals surface area contributed by atoms with Crippen LogP contribution in [0.3, 0.4) is 0 Å². The molecule has 0 radical (unpaired) electrons. The fraction of sp³-hybridized carbons (Fsp3) is 0.286. The molecule has 0 atom stereocenters. The van der Waals surface area contributed by atoms with E-state index in [1.54, 1.807) is 0 Å². The topological polar surface area (TPSA) is 116 Å². The van der Waals surface area contributed by atoms with E-state index in [1.165, 1.54) is 23.1 Å². The Morgan fingerprint density at radius 2 is 2.21 bits per heavy atom. The van der Waals surface area contributed by atoms with Gasteiger partial charge in [0, 0.05) is 5.75 Å². The van der Waals surface area contributed by atoms with Gasteiger partial charge in [-0.2, -0.15) is 0 Å². The zero-order valence-electron chi connectivity index (χ0n) is 7.51. The fourth-order valence-corrected chi connectivity index (χ4v) is 2.27. The highest BCUT2D eigenvalue weighted by molar-refractivity contribution is 7.99. The van der Waals surface area contributed by atoms with E-state index < -0.39 is 0 Å². The third-order valence-electron chi connectivity index (χ3n) is 1.32. The average Bonchev–Trinajstić information content (AvgIpc) is 2.47. The molecule has 1 rings (SSSR count). The minimum absolute atomic E-state index is 0.0709. The lowest BCUT2D eigenvalue weighted by Crippen LogP contribution is -2.26. The predicted octanol–water partition coefficient (Wildman–Crippen LogP) is 0.0872. The molecule has 0 amide bonds. The Morgan fingerprint density at radius 3 is 2.79 bits per heavy atom. The Kier molecular flexibility index (Phi) is 4.21. The van der Waals surface area contributed by atoms with Gasteiger partial charge in [0.25, 0.3) is 0 Å². The lowest BCUT2D eigenvalue weighted by molar-refractivity contribution is 0.986. The van der Waals surface area contributed by atoms with E-state index in [4.69, 9.17) is 22.9 Å². The summed E-state index contributed by atoms with van der Waals surface area (Å²) in [6, 6.07) is 1.92. The number of nitrogens with two attached hydrogens (primary N) is 4. The van der Waals surface area contributed by atoms with Crippen LogP contribution in [0.25, 0.3) is 0 Å². The second-order valence-electron chi connectivity index (χ2n) is 2.61. The Morgan fingerprint density at radius 1 is 1.50 bits per heavy atom. The highest BCUT2D eigenvalue weighted by Gasteiger charge is 2.01. The number of hydrogen-bond donors (Lipinski definition) is 4. The molecule has 1 aromatic rings. The summed E-state index contributed by atoms with van der Waals surface area (Å²) < 4.78 is 0. The van der Waals surface area contributed by atoms with Crippen molar-refractivity contribution in [1.82, 2.24) is 0 Å². The largest absolute Gasteiger partial charge is 0.370 e. The first kappa shape index (κ1) is 11.3. The van der Waals surface area contributed by atoms with Gasteiger partial charge in [0.05, 0.1) is 0 Å². The van der Waals surface area contributed by atoms with Gasteiger partial charge in [0.2, 0.25) is 0 Å². The minimum atomic E-state index is -0.346. The Balaban J connectivity index is 2.55. The van der Waals surface area contributed by atoms with Crippen LogP contribution < -0.4 is 22.9 Å². The molecule has 0 saturated carbocycles. The first-order valence-corrected chi connectivity index (χ1v) is 5.80. The van der Waals surface area contributed by atoms with Crippen LogP contribution in [0.2, 0.25) is 0 Å². The van der Waals surface area contributed by atoms with Crippen molar-refractivity contribution in [2.75, 3.05) is 0 Å². The highest BCUT2D eigenvalue weighted by Crippen LogP contribution is 2.26. The van der Waals surface area contributed by atoms with Crippen molar-refractivity contribution >= 4 is 34.1 Å². The molecule has 7 heteroatoms. The standard InChI is InChI=1S/C7H13N5S2/c8-6(9)12-5-1-4(2-13-5)3-14-7(10)11/h1-2,7H,3,10-11H2,(H4,8,9,12). The van der Waals surface area contributed by atoms with Gasteiger partial charge < -0.3 is 22.9 Å². The smallest absolute Gasteiger partial charge is 0.191 e. The minimum Gasteiger partial charge on any atom is -0.370 e. The van der Waals surface area contributed by atoms with E-state index in [0.717, 1.165) is 16.3 Å².